The topological polar surface area (TPSA) is 88.8 Å². The SMILES string of the molecule is CCOc1cc(C)ccc1CNC(=NC)NCc1ccc([N+](=O)[O-])cc1.I. The number of ether oxygens (including phenoxy) is 1. The van der Waals surface area contributed by atoms with Crippen LogP contribution in [0, 0.1) is 17.0 Å². The Bertz CT molecular complexity index is 779. The molecule has 2 aromatic rings. The van der Waals surface area contributed by atoms with Gasteiger partial charge in [0.2, 0.25) is 0 Å². The monoisotopic (exact) mass is 484 g/mol. The van der Waals surface area contributed by atoms with E-state index in [-0.39, 0.29) is 29.7 Å². The number of non-ortho nitro benzene ring substituents is 1. The van der Waals surface area contributed by atoms with Crippen LogP contribution in [0.15, 0.2) is 47.5 Å². The zero-order valence-electron chi connectivity index (χ0n) is 15.7. The summed E-state index contributed by atoms with van der Waals surface area (Å²) in [6, 6.07) is 12.6. The first-order valence-electron chi connectivity index (χ1n) is 8.43. The Balaban J connectivity index is 0.00000364. The van der Waals surface area contributed by atoms with Crippen LogP contribution in [0.2, 0.25) is 0 Å². The van der Waals surface area contributed by atoms with Gasteiger partial charge in [0.15, 0.2) is 5.96 Å². The predicted octanol–water partition coefficient (Wildman–Crippen LogP) is 3.79. The second-order valence-electron chi connectivity index (χ2n) is 5.75. The van der Waals surface area contributed by atoms with Gasteiger partial charge in [-0.15, -0.1) is 24.0 Å². The summed E-state index contributed by atoms with van der Waals surface area (Å²) in [7, 11) is 1.70. The lowest BCUT2D eigenvalue weighted by atomic mass is 10.1. The van der Waals surface area contributed by atoms with E-state index in [1.54, 1.807) is 19.2 Å². The molecule has 0 aliphatic carbocycles. The third kappa shape index (κ3) is 7.05. The van der Waals surface area contributed by atoms with Crippen molar-refractivity contribution in [2.24, 2.45) is 4.99 Å². The van der Waals surface area contributed by atoms with Crippen molar-refractivity contribution in [2.75, 3.05) is 13.7 Å². The fourth-order valence-corrected chi connectivity index (χ4v) is 2.42. The van der Waals surface area contributed by atoms with E-state index in [0.717, 1.165) is 22.4 Å². The number of aryl methyl sites for hydroxylation is 1. The summed E-state index contributed by atoms with van der Waals surface area (Å²) in [5.74, 6) is 1.51. The molecule has 146 valence electrons. The summed E-state index contributed by atoms with van der Waals surface area (Å²) in [4.78, 5) is 14.5. The molecule has 0 bridgehead atoms. The second-order valence-corrected chi connectivity index (χ2v) is 5.75. The van der Waals surface area contributed by atoms with Crippen molar-refractivity contribution in [3.63, 3.8) is 0 Å². The third-order valence-electron chi connectivity index (χ3n) is 3.80. The number of guanidine groups is 1. The summed E-state index contributed by atoms with van der Waals surface area (Å²) in [6.07, 6.45) is 0. The van der Waals surface area contributed by atoms with E-state index in [1.807, 2.05) is 32.0 Å². The summed E-state index contributed by atoms with van der Waals surface area (Å²) >= 11 is 0. The van der Waals surface area contributed by atoms with E-state index in [0.29, 0.717) is 25.7 Å². The number of nitrogens with zero attached hydrogens (tertiary/aromatic N) is 2. The van der Waals surface area contributed by atoms with Crippen LogP contribution in [0.25, 0.3) is 0 Å². The van der Waals surface area contributed by atoms with Gasteiger partial charge in [0.05, 0.1) is 11.5 Å². The summed E-state index contributed by atoms with van der Waals surface area (Å²) < 4.78 is 5.69. The molecule has 0 saturated heterocycles. The maximum Gasteiger partial charge on any atom is 0.269 e. The maximum absolute atomic E-state index is 10.7. The van der Waals surface area contributed by atoms with E-state index in [2.05, 4.69) is 15.6 Å². The summed E-state index contributed by atoms with van der Waals surface area (Å²) in [6.45, 7) is 5.71. The molecule has 27 heavy (non-hydrogen) atoms. The number of hydrogen-bond donors (Lipinski definition) is 2. The van der Waals surface area contributed by atoms with Crippen molar-refractivity contribution in [2.45, 2.75) is 26.9 Å². The molecule has 0 radical (unpaired) electrons. The van der Waals surface area contributed by atoms with Crippen LogP contribution in [0.5, 0.6) is 5.75 Å². The largest absolute Gasteiger partial charge is 0.494 e. The van der Waals surface area contributed by atoms with Gasteiger partial charge < -0.3 is 15.4 Å². The molecular formula is C19H25IN4O3. The van der Waals surface area contributed by atoms with Gasteiger partial charge in [-0.1, -0.05) is 24.3 Å². The van der Waals surface area contributed by atoms with Crippen molar-refractivity contribution in [1.82, 2.24) is 10.6 Å². The van der Waals surface area contributed by atoms with Crippen molar-refractivity contribution >= 4 is 35.6 Å². The van der Waals surface area contributed by atoms with E-state index in [1.165, 1.54) is 12.1 Å². The molecule has 8 heteroatoms. The van der Waals surface area contributed by atoms with Crippen molar-refractivity contribution < 1.29 is 9.66 Å². The van der Waals surface area contributed by atoms with Gasteiger partial charge in [-0.05, 0) is 31.0 Å². The molecule has 0 unspecified atom stereocenters. The summed E-state index contributed by atoms with van der Waals surface area (Å²) in [5, 5.41) is 17.1. The van der Waals surface area contributed by atoms with Crippen LogP contribution in [-0.4, -0.2) is 24.5 Å². The van der Waals surface area contributed by atoms with E-state index >= 15 is 0 Å². The molecule has 0 amide bonds. The number of nitro benzene ring substituents is 1. The van der Waals surface area contributed by atoms with Crippen LogP contribution in [0.3, 0.4) is 0 Å². The van der Waals surface area contributed by atoms with Gasteiger partial charge >= 0.3 is 0 Å². The molecule has 2 rings (SSSR count). The van der Waals surface area contributed by atoms with Crippen molar-refractivity contribution in [1.29, 1.82) is 0 Å². The molecule has 0 aromatic heterocycles. The minimum atomic E-state index is -0.408. The van der Waals surface area contributed by atoms with Crippen molar-refractivity contribution in [3.05, 3.63) is 69.3 Å². The van der Waals surface area contributed by atoms with Gasteiger partial charge in [-0.2, -0.15) is 0 Å². The first kappa shape index (κ1) is 22.7. The molecule has 0 aliphatic heterocycles. The molecule has 0 heterocycles. The lowest BCUT2D eigenvalue weighted by molar-refractivity contribution is -0.384. The van der Waals surface area contributed by atoms with Crippen LogP contribution >= 0.6 is 24.0 Å². The van der Waals surface area contributed by atoms with Gasteiger partial charge in [0, 0.05) is 37.8 Å². The molecule has 2 aromatic carbocycles. The zero-order valence-corrected chi connectivity index (χ0v) is 18.0. The number of benzene rings is 2. The van der Waals surface area contributed by atoms with Crippen LogP contribution in [0.4, 0.5) is 5.69 Å². The van der Waals surface area contributed by atoms with Crippen LogP contribution in [-0.2, 0) is 13.1 Å². The lowest BCUT2D eigenvalue weighted by Crippen LogP contribution is -2.36. The average Bonchev–Trinajstić information content (AvgIpc) is 2.64. The highest BCUT2D eigenvalue weighted by Gasteiger charge is 2.07. The maximum atomic E-state index is 10.7. The molecule has 0 aliphatic rings. The lowest BCUT2D eigenvalue weighted by Gasteiger charge is -2.15. The van der Waals surface area contributed by atoms with Gasteiger partial charge in [0.25, 0.3) is 5.69 Å². The standard InChI is InChI=1S/C19H24N4O3.HI/c1-4-26-18-11-14(2)5-8-16(18)13-22-19(20-3)21-12-15-6-9-17(10-7-15)23(24)25;/h5-11H,4,12-13H2,1-3H3,(H2,20,21,22);1H. The normalized spacial score (nSPS) is 10.7. The van der Waals surface area contributed by atoms with Crippen LogP contribution in [0.1, 0.15) is 23.6 Å². The van der Waals surface area contributed by atoms with Gasteiger partial charge in [-0.3, -0.25) is 15.1 Å². The number of nitro groups is 1. The zero-order chi connectivity index (χ0) is 18.9. The number of hydrogen-bond acceptors (Lipinski definition) is 4. The molecule has 0 fully saturated rings. The Hall–Kier alpha value is -2.36. The van der Waals surface area contributed by atoms with Gasteiger partial charge in [-0.25, -0.2) is 0 Å². The quantitative estimate of drug-likeness (QED) is 0.205. The Labute approximate surface area is 176 Å². The second kappa shape index (κ2) is 11.4. The molecule has 0 saturated carbocycles. The molecule has 0 spiro atoms. The minimum absolute atomic E-state index is 0. The Kier molecular flexibility index (Phi) is 9.55. The smallest absolute Gasteiger partial charge is 0.269 e. The third-order valence-corrected chi connectivity index (χ3v) is 3.80. The van der Waals surface area contributed by atoms with Crippen LogP contribution < -0.4 is 15.4 Å². The highest BCUT2D eigenvalue weighted by atomic mass is 127. The van der Waals surface area contributed by atoms with E-state index in [4.69, 9.17) is 4.74 Å². The highest BCUT2D eigenvalue weighted by Crippen LogP contribution is 2.20. The molecule has 7 nitrogen and oxygen atoms in total. The van der Waals surface area contributed by atoms with Crippen molar-refractivity contribution in [3.8, 4) is 5.75 Å². The first-order chi connectivity index (χ1) is 12.5. The summed E-state index contributed by atoms with van der Waals surface area (Å²) in [5.41, 5.74) is 3.22. The molecule has 0 atom stereocenters. The first-order valence-corrected chi connectivity index (χ1v) is 8.43. The number of halogens is 1. The van der Waals surface area contributed by atoms with E-state index < -0.39 is 4.92 Å². The highest BCUT2D eigenvalue weighted by molar-refractivity contribution is 14.0. The average molecular weight is 484 g/mol. The minimum Gasteiger partial charge on any atom is -0.494 e. The van der Waals surface area contributed by atoms with E-state index in [9.17, 15) is 10.1 Å². The molecule has 2 N–H and O–H groups in total. The Morgan fingerprint density at radius 1 is 1.15 bits per heavy atom. The Morgan fingerprint density at radius 2 is 1.81 bits per heavy atom. The Morgan fingerprint density at radius 3 is 2.41 bits per heavy atom. The number of nitrogens with one attached hydrogen (secondary N) is 2. The number of rotatable bonds is 7. The number of aliphatic imine (C=N–C) groups is 1. The molecular weight excluding hydrogens is 459 g/mol. The fourth-order valence-electron chi connectivity index (χ4n) is 2.42. The predicted molar refractivity (Wildman–Crippen MR) is 118 cm³/mol. The fraction of sp³-hybridized carbons (Fsp3) is 0.316. The van der Waals surface area contributed by atoms with Gasteiger partial charge in [0.1, 0.15) is 5.75 Å².